The Morgan fingerprint density at radius 2 is 1.73 bits per heavy atom. The summed E-state index contributed by atoms with van der Waals surface area (Å²) in [6.45, 7) is 3.91. The van der Waals surface area contributed by atoms with Crippen LogP contribution in [0, 0.1) is 11.8 Å². The Kier molecular flexibility index (Phi) is 8.06. The molecular weight excluding hydrogens is 448 g/mol. The predicted molar refractivity (Wildman–Crippen MR) is 123 cm³/mol. The first-order valence-electron chi connectivity index (χ1n) is 10.5. The van der Waals surface area contributed by atoms with E-state index in [4.69, 9.17) is 21.1 Å². The molecule has 0 radical (unpaired) electrons. The van der Waals surface area contributed by atoms with Crippen LogP contribution in [-0.2, 0) is 23.9 Å². The van der Waals surface area contributed by atoms with Crippen molar-refractivity contribution in [1.29, 1.82) is 0 Å². The topological polar surface area (TPSA) is 102 Å². The van der Waals surface area contributed by atoms with Crippen molar-refractivity contribution in [3.63, 3.8) is 0 Å². The number of amides is 2. The quantitative estimate of drug-likeness (QED) is 0.588. The molecule has 0 unspecified atom stereocenters. The molecule has 2 amide bonds. The van der Waals surface area contributed by atoms with Gasteiger partial charge in [-0.25, -0.2) is 4.79 Å². The van der Waals surface area contributed by atoms with Gasteiger partial charge >= 0.3 is 11.9 Å². The second-order valence-corrected chi connectivity index (χ2v) is 8.54. The molecule has 1 saturated heterocycles. The molecule has 1 aliphatic heterocycles. The third-order valence-electron chi connectivity index (χ3n) is 4.89. The number of hydrogen-bond donors (Lipinski definition) is 1. The van der Waals surface area contributed by atoms with Crippen molar-refractivity contribution in [2.45, 2.75) is 20.3 Å². The standard InChI is InChI=1S/C24H25ClN2O6/c1-15(2)13-32-23(30)16-3-7-19(8-4-16)26-21(28)14-33-24(31)17-11-22(29)27(12-17)20-9-5-18(25)6-10-20/h3-10,15,17H,11-14H2,1-2H3,(H,26,28)/t17-/m1/s1. The summed E-state index contributed by atoms with van der Waals surface area (Å²) in [4.78, 5) is 50.2. The Bertz CT molecular complexity index is 1020. The SMILES string of the molecule is CC(C)COC(=O)c1ccc(NC(=O)COC(=O)[C@@H]2CC(=O)N(c3ccc(Cl)cc3)C2)cc1. The first kappa shape index (κ1) is 24.3. The van der Waals surface area contributed by atoms with Crippen LogP contribution in [-0.4, -0.2) is 43.5 Å². The zero-order valence-electron chi connectivity index (χ0n) is 18.4. The Labute approximate surface area is 196 Å². The van der Waals surface area contributed by atoms with E-state index in [1.807, 2.05) is 13.8 Å². The number of benzene rings is 2. The fourth-order valence-electron chi connectivity index (χ4n) is 3.20. The van der Waals surface area contributed by atoms with Crippen LogP contribution in [0.2, 0.25) is 5.02 Å². The number of carbonyl (C=O) groups excluding carboxylic acids is 4. The van der Waals surface area contributed by atoms with Gasteiger partial charge in [0.25, 0.3) is 5.91 Å². The van der Waals surface area contributed by atoms with E-state index in [0.717, 1.165) is 0 Å². The van der Waals surface area contributed by atoms with Crippen molar-refractivity contribution in [3.05, 3.63) is 59.1 Å². The summed E-state index contributed by atoms with van der Waals surface area (Å²) in [7, 11) is 0. The highest BCUT2D eigenvalue weighted by Gasteiger charge is 2.36. The molecule has 8 nitrogen and oxygen atoms in total. The lowest BCUT2D eigenvalue weighted by atomic mass is 10.1. The fraction of sp³-hybridized carbons (Fsp3) is 0.333. The van der Waals surface area contributed by atoms with Crippen molar-refractivity contribution >= 4 is 46.7 Å². The molecular formula is C24H25ClN2O6. The van der Waals surface area contributed by atoms with Crippen LogP contribution >= 0.6 is 11.6 Å². The molecule has 33 heavy (non-hydrogen) atoms. The zero-order chi connectivity index (χ0) is 24.0. The maximum Gasteiger partial charge on any atom is 0.338 e. The average molecular weight is 473 g/mol. The lowest BCUT2D eigenvalue weighted by Crippen LogP contribution is -2.28. The Morgan fingerprint density at radius 3 is 2.36 bits per heavy atom. The fourth-order valence-corrected chi connectivity index (χ4v) is 3.33. The summed E-state index contributed by atoms with van der Waals surface area (Å²) < 4.78 is 10.3. The number of ether oxygens (including phenoxy) is 2. The van der Waals surface area contributed by atoms with Gasteiger partial charge in [0.15, 0.2) is 6.61 Å². The normalized spacial score (nSPS) is 15.5. The first-order valence-corrected chi connectivity index (χ1v) is 10.9. The summed E-state index contributed by atoms with van der Waals surface area (Å²) in [5.74, 6) is -2.20. The molecule has 2 aromatic carbocycles. The number of nitrogens with one attached hydrogen (secondary N) is 1. The number of nitrogens with zero attached hydrogens (tertiary/aromatic N) is 1. The summed E-state index contributed by atoms with van der Waals surface area (Å²) in [5, 5.41) is 3.14. The number of esters is 2. The third kappa shape index (κ3) is 6.79. The van der Waals surface area contributed by atoms with Gasteiger partial charge in [-0.1, -0.05) is 25.4 Å². The summed E-state index contributed by atoms with van der Waals surface area (Å²) >= 11 is 5.87. The summed E-state index contributed by atoms with van der Waals surface area (Å²) in [6.07, 6.45) is 0.0114. The van der Waals surface area contributed by atoms with E-state index in [0.29, 0.717) is 28.6 Å². The third-order valence-corrected chi connectivity index (χ3v) is 5.15. The number of hydrogen-bond acceptors (Lipinski definition) is 6. The average Bonchev–Trinajstić information content (AvgIpc) is 3.18. The van der Waals surface area contributed by atoms with Crippen molar-refractivity contribution in [3.8, 4) is 0 Å². The molecule has 1 atom stereocenters. The summed E-state index contributed by atoms with van der Waals surface area (Å²) in [6, 6.07) is 13.0. The largest absolute Gasteiger partial charge is 0.462 e. The van der Waals surface area contributed by atoms with Gasteiger partial charge in [-0.3, -0.25) is 14.4 Å². The van der Waals surface area contributed by atoms with Gasteiger partial charge in [-0.05, 0) is 54.4 Å². The number of anilines is 2. The first-order chi connectivity index (χ1) is 15.7. The molecule has 2 aromatic rings. The second-order valence-electron chi connectivity index (χ2n) is 8.11. The van der Waals surface area contributed by atoms with Crippen molar-refractivity contribution in [1.82, 2.24) is 0 Å². The highest BCUT2D eigenvalue weighted by Crippen LogP contribution is 2.27. The molecule has 0 saturated carbocycles. The van der Waals surface area contributed by atoms with Crippen LogP contribution in [0.15, 0.2) is 48.5 Å². The minimum absolute atomic E-state index is 0.0114. The molecule has 0 bridgehead atoms. The van der Waals surface area contributed by atoms with Gasteiger partial charge in [-0.2, -0.15) is 0 Å². The Hall–Kier alpha value is -3.39. The molecule has 0 spiro atoms. The molecule has 0 aliphatic carbocycles. The van der Waals surface area contributed by atoms with Crippen LogP contribution < -0.4 is 10.2 Å². The van der Waals surface area contributed by atoms with Gasteiger partial charge < -0.3 is 19.7 Å². The van der Waals surface area contributed by atoms with E-state index in [1.54, 1.807) is 48.5 Å². The molecule has 0 aromatic heterocycles. The van der Waals surface area contributed by atoms with Crippen LogP contribution in [0.25, 0.3) is 0 Å². The molecule has 3 rings (SSSR count). The van der Waals surface area contributed by atoms with E-state index in [-0.39, 0.29) is 24.8 Å². The molecule has 1 fully saturated rings. The maximum atomic E-state index is 12.4. The minimum Gasteiger partial charge on any atom is -0.462 e. The van der Waals surface area contributed by atoms with Gasteiger partial charge in [-0.15, -0.1) is 0 Å². The van der Waals surface area contributed by atoms with Crippen LogP contribution in [0.4, 0.5) is 11.4 Å². The van der Waals surface area contributed by atoms with Gasteiger partial charge in [0.05, 0.1) is 18.1 Å². The number of carbonyl (C=O) groups is 4. The second kappa shape index (κ2) is 11.0. The van der Waals surface area contributed by atoms with Crippen LogP contribution in [0.5, 0.6) is 0 Å². The molecule has 9 heteroatoms. The Balaban J connectivity index is 1.46. The van der Waals surface area contributed by atoms with Gasteiger partial charge in [0.2, 0.25) is 5.91 Å². The summed E-state index contributed by atoms with van der Waals surface area (Å²) in [5.41, 5.74) is 1.46. The molecule has 1 heterocycles. The predicted octanol–water partition coefficient (Wildman–Crippen LogP) is 3.69. The monoisotopic (exact) mass is 472 g/mol. The molecule has 1 aliphatic rings. The molecule has 174 valence electrons. The van der Waals surface area contributed by atoms with Gasteiger partial charge in [0.1, 0.15) is 0 Å². The lowest BCUT2D eigenvalue weighted by Gasteiger charge is -2.16. The lowest BCUT2D eigenvalue weighted by molar-refractivity contribution is -0.151. The van der Waals surface area contributed by atoms with Crippen LogP contribution in [0.1, 0.15) is 30.6 Å². The van der Waals surface area contributed by atoms with E-state index in [2.05, 4.69) is 5.32 Å². The smallest absolute Gasteiger partial charge is 0.338 e. The van der Waals surface area contributed by atoms with E-state index >= 15 is 0 Å². The van der Waals surface area contributed by atoms with Gasteiger partial charge in [0, 0.05) is 29.4 Å². The van der Waals surface area contributed by atoms with E-state index in [9.17, 15) is 19.2 Å². The van der Waals surface area contributed by atoms with Crippen LogP contribution in [0.3, 0.4) is 0 Å². The highest BCUT2D eigenvalue weighted by molar-refractivity contribution is 6.30. The Morgan fingerprint density at radius 1 is 1.06 bits per heavy atom. The van der Waals surface area contributed by atoms with E-state index < -0.39 is 30.4 Å². The van der Waals surface area contributed by atoms with Crippen molar-refractivity contribution in [2.75, 3.05) is 30.0 Å². The number of halogens is 1. The maximum absolute atomic E-state index is 12.4. The van der Waals surface area contributed by atoms with E-state index in [1.165, 1.54) is 4.90 Å². The highest BCUT2D eigenvalue weighted by atomic mass is 35.5. The van der Waals surface area contributed by atoms with Crippen molar-refractivity contribution in [2.24, 2.45) is 11.8 Å². The molecule has 1 N–H and O–H groups in total. The minimum atomic E-state index is -0.655. The number of rotatable bonds is 8. The van der Waals surface area contributed by atoms with Crippen molar-refractivity contribution < 1.29 is 28.7 Å². The zero-order valence-corrected chi connectivity index (χ0v) is 19.1.